The fraction of sp³-hybridized carbons (Fsp3) is 0.0435. The molecule has 0 unspecified atom stereocenters. The summed E-state index contributed by atoms with van der Waals surface area (Å²) in [4.78, 5) is 0. The average molecular weight is 371 g/mol. The second-order valence-electron chi connectivity index (χ2n) is 6.38. The van der Waals surface area contributed by atoms with Crippen LogP contribution in [0.4, 0.5) is 0 Å². The summed E-state index contributed by atoms with van der Waals surface area (Å²) in [5.41, 5.74) is 2.73. The van der Waals surface area contributed by atoms with Crippen LogP contribution in [0.1, 0.15) is 11.1 Å². The highest BCUT2D eigenvalue weighted by Crippen LogP contribution is 2.36. The van der Waals surface area contributed by atoms with Crippen LogP contribution in [-0.4, -0.2) is 0 Å². The predicted molar refractivity (Wildman–Crippen MR) is 107 cm³/mol. The van der Waals surface area contributed by atoms with Crippen molar-refractivity contribution in [3.05, 3.63) is 94.5 Å². The number of hydrogen-bond acceptors (Lipinski definition) is 0. The molecular weight excluding hydrogens is 356 g/mol. The average Bonchev–Trinajstić information content (AvgIpc) is 2.63. The molecule has 5 rings (SSSR count). The highest BCUT2D eigenvalue weighted by atomic mass is 79.9. The normalized spacial score (nSPS) is 11.7. The zero-order valence-corrected chi connectivity index (χ0v) is 14.7. The molecule has 0 radical (unpaired) electrons. The zero-order valence-electron chi connectivity index (χ0n) is 13.1. The minimum Gasteiger partial charge on any atom is -0.0610 e. The molecule has 1 heteroatoms. The van der Waals surface area contributed by atoms with Gasteiger partial charge in [0.25, 0.3) is 0 Å². The van der Waals surface area contributed by atoms with Gasteiger partial charge < -0.3 is 0 Å². The fourth-order valence-corrected chi connectivity index (χ4v) is 4.04. The Labute approximate surface area is 149 Å². The first-order chi connectivity index (χ1) is 11.8. The van der Waals surface area contributed by atoms with Crippen molar-refractivity contribution < 1.29 is 0 Å². The van der Waals surface area contributed by atoms with E-state index in [9.17, 15) is 0 Å². The van der Waals surface area contributed by atoms with E-state index in [2.05, 4.69) is 94.8 Å². The van der Waals surface area contributed by atoms with E-state index in [0.717, 1.165) is 10.9 Å². The van der Waals surface area contributed by atoms with Crippen molar-refractivity contribution in [2.45, 2.75) is 6.42 Å². The molecule has 0 saturated heterocycles. The van der Waals surface area contributed by atoms with Gasteiger partial charge in [-0.3, -0.25) is 0 Å². The molecule has 0 heterocycles. The lowest BCUT2D eigenvalue weighted by Crippen LogP contribution is -1.92. The van der Waals surface area contributed by atoms with Gasteiger partial charge in [-0.15, -0.1) is 0 Å². The van der Waals surface area contributed by atoms with Gasteiger partial charge in [-0.1, -0.05) is 82.7 Å². The lowest BCUT2D eigenvalue weighted by Gasteiger charge is -2.14. The van der Waals surface area contributed by atoms with Gasteiger partial charge in [0.2, 0.25) is 0 Å². The molecule has 0 aromatic heterocycles. The maximum atomic E-state index is 3.52. The monoisotopic (exact) mass is 370 g/mol. The van der Waals surface area contributed by atoms with Crippen molar-refractivity contribution in [2.24, 2.45) is 0 Å². The number of benzene rings is 5. The molecule has 0 aliphatic rings. The van der Waals surface area contributed by atoms with E-state index in [1.165, 1.54) is 43.4 Å². The van der Waals surface area contributed by atoms with Crippen LogP contribution in [0.3, 0.4) is 0 Å². The molecule has 0 saturated carbocycles. The number of hydrogen-bond donors (Lipinski definition) is 0. The van der Waals surface area contributed by atoms with Crippen LogP contribution in [0.5, 0.6) is 0 Å². The summed E-state index contributed by atoms with van der Waals surface area (Å²) in [7, 11) is 0. The van der Waals surface area contributed by atoms with Crippen molar-refractivity contribution in [3.8, 4) is 0 Å². The largest absolute Gasteiger partial charge is 0.0610 e. The van der Waals surface area contributed by atoms with Crippen molar-refractivity contribution >= 4 is 48.2 Å². The second kappa shape index (κ2) is 5.32. The summed E-state index contributed by atoms with van der Waals surface area (Å²) < 4.78 is 1.13. The van der Waals surface area contributed by atoms with Gasteiger partial charge in [0, 0.05) is 4.47 Å². The first-order valence-corrected chi connectivity index (χ1v) is 8.99. The maximum absolute atomic E-state index is 3.52. The molecule has 0 amide bonds. The lowest BCUT2D eigenvalue weighted by molar-refractivity contribution is 1.21. The van der Waals surface area contributed by atoms with Crippen LogP contribution in [0.25, 0.3) is 32.3 Å². The third-order valence-electron chi connectivity index (χ3n) is 4.93. The molecular formula is C23H15Br. The molecule has 0 aliphatic heterocycles. The number of rotatable bonds is 2. The Morgan fingerprint density at radius 1 is 0.583 bits per heavy atom. The van der Waals surface area contributed by atoms with Crippen LogP contribution in [0.15, 0.2) is 83.3 Å². The molecule has 0 spiro atoms. The van der Waals surface area contributed by atoms with Gasteiger partial charge in [-0.05, 0) is 62.0 Å². The molecule has 0 atom stereocenters. The second-order valence-corrected chi connectivity index (χ2v) is 7.30. The van der Waals surface area contributed by atoms with Crippen LogP contribution in [0.2, 0.25) is 0 Å². The van der Waals surface area contributed by atoms with Gasteiger partial charge in [0.1, 0.15) is 0 Å². The van der Waals surface area contributed by atoms with E-state index >= 15 is 0 Å². The van der Waals surface area contributed by atoms with E-state index in [0.29, 0.717) is 0 Å². The van der Waals surface area contributed by atoms with Gasteiger partial charge in [0.05, 0.1) is 0 Å². The summed E-state index contributed by atoms with van der Waals surface area (Å²) in [6.07, 6.45) is 0.960. The molecule has 0 fully saturated rings. The minimum atomic E-state index is 0.960. The fourth-order valence-electron chi connectivity index (χ4n) is 3.77. The number of halogens is 1. The van der Waals surface area contributed by atoms with Crippen LogP contribution >= 0.6 is 15.9 Å². The summed E-state index contributed by atoms with van der Waals surface area (Å²) in [6, 6.07) is 28.8. The van der Waals surface area contributed by atoms with Crippen molar-refractivity contribution in [3.63, 3.8) is 0 Å². The van der Waals surface area contributed by atoms with Crippen molar-refractivity contribution in [1.82, 2.24) is 0 Å². The molecule has 0 aliphatic carbocycles. The first-order valence-electron chi connectivity index (χ1n) is 8.19. The summed E-state index contributed by atoms with van der Waals surface area (Å²) in [6.45, 7) is 0. The Bertz CT molecular complexity index is 1150. The van der Waals surface area contributed by atoms with Crippen LogP contribution < -0.4 is 0 Å². The Kier molecular flexibility index (Phi) is 3.11. The van der Waals surface area contributed by atoms with Crippen LogP contribution in [0, 0.1) is 0 Å². The molecule has 0 N–H and O–H groups in total. The standard InChI is InChI=1S/C23H15Br/c24-20-11-4-15(5-12-20)14-19-9-8-18-7-6-16-2-1-3-17-10-13-21(19)23(18)22(16)17/h1-13H,14H2. The topological polar surface area (TPSA) is 0 Å². The summed E-state index contributed by atoms with van der Waals surface area (Å²) in [5, 5.41) is 8.15. The molecule has 24 heavy (non-hydrogen) atoms. The van der Waals surface area contributed by atoms with E-state index < -0.39 is 0 Å². The third kappa shape index (κ3) is 2.12. The highest BCUT2D eigenvalue weighted by Gasteiger charge is 2.10. The van der Waals surface area contributed by atoms with Gasteiger partial charge >= 0.3 is 0 Å². The molecule has 0 bridgehead atoms. The van der Waals surface area contributed by atoms with Gasteiger partial charge in [-0.2, -0.15) is 0 Å². The Hall–Kier alpha value is -2.38. The van der Waals surface area contributed by atoms with E-state index in [-0.39, 0.29) is 0 Å². The molecule has 5 aromatic rings. The quantitative estimate of drug-likeness (QED) is 0.295. The summed E-state index contributed by atoms with van der Waals surface area (Å²) in [5.74, 6) is 0. The van der Waals surface area contributed by atoms with E-state index in [1.807, 2.05) is 0 Å². The first kappa shape index (κ1) is 14.0. The van der Waals surface area contributed by atoms with Gasteiger partial charge in [0.15, 0.2) is 0 Å². The van der Waals surface area contributed by atoms with E-state index in [1.54, 1.807) is 0 Å². The smallest absolute Gasteiger partial charge is 0.0175 e. The van der Waals surface area contributed by atoms with Crippen LogP contribution in [-0.2, 0) is 6.42 Å². The highest BCUT2D eigenvalue weighted by molar-refractivity contribution is 9.10. The Morgan fingerprint density at radius 2 is 1.21 bits per heavy atom. The van der Waals surface area contributed by atoms with Gasteiger partial charge in [-0.25, -0.2) is 0 Å². The Balaban J connectivity index is 1.79. The molecule has 5 aromatic carbocycles. The van der Waals surface area contributed by atoms with Crippen molar-refractivity contribution in [2.75, 3.05) is 0 Å². The lowest BCUT2D eigenvalue weighted by atomic mass is 9.90. The SMILES string of the molecule is Brc1ccc(Cc2ccc3ccc4cccc5ccc2c3c45)cc1. The zero-order chi connectivity index (χ0) is 16.1. The van der Waals surface area contributed by atoms with Crippen molar-refractivity contribution in [1.29, 1.82) is 0 Å². The van der Waals surface area contributed by atoms with E-state index in [4.69, 9.17) is 0 Å². The Morgan fingerprint density at radius 3 is 1.96 bits per heavy atom. The predicted octanol–water partition coefficient (Wildman–Crippen LogP) is 6.94. The summed E-state index contributed by atoms with van der Waals surface area (Å²) >= 11 is 3.52. The molecule has 0 nitrogen and oxygen atoms in total. The third-order valence-corrected chi connectivity index (χ3v) is 5.46. The molecule has 114 valence electrons. The maximum Gasteiger partial charge on any atom is 0.0175 e. The minimum absolute atomic E-state index is 0.960.